The van der Waals surface area contributed by atoms with E-state index in [1.807, 2.05) is 6.92 Å². The zero-order valence-corrected chi connectivity index (χ0v) is 7.63. The minimum absolute atomic E-state index is 0.373. The molecule has 0 atom stereocenters. The largest absolute Gasteiger partial charge is 0.465 e. The Kier molecular flexibility index (Phi) is 2.65. The molecule has 0 bridgehead atoms. The van der Waals surface area contributed by atoms with E-state index in [4.69, 9.17) is 11.8 Å². The molecule has 4 heteroatoms. The van der Waals surface area contributed by atoms with Crippen molar-refractivity contribution in [3.05, 3.63) is 29.6 Å². The molecular weight excluding hydrogens is 178 g/mol. The summed E-state index contributed by atoms with van der Waals surface area (Å²) < 4.78 is 5.85. The minimum atomic E-state index is -0.373. The molecule has 0 aliphatic carbocycles. The Labute approximate surface area is 75.6 Å². The monoisotopic (exact) mass is 186 g/mol. The van der Waals surface area contributed by atoms with Gasteiger partial charge in [-0.25, -0.2) is 4.79 Å². The van der Waals surface area contributed by atoms with Crippen molar-refractivity contribution >= 4 is 17.7 Å². The molecule has 0 radical (unpaired) electrons. The third-order valence-electron chi connectivity index (χ3n) is 1.55. The smallest absolute Gasteiger partial charge is 0.344 e. The van der Waals surface area contributed by atoms with E-state index in [0.29, 0.717) is 5.56 Å². The Morgan fingerprint density at radius 2 is 2.33 bits per heavy atom. The lowest BCUT2D eigenvalue weighted by atomic mass is 10.2. The lowest BCUT2D eigenvalue weighted by Gasteiger charge is -1.98. The van der Waals surface area contributed by atoms with Crippen molar-refractivity contribution < 1.29 is 13.6 Å². The molecule has 0 spiro atoms. The average Bonchev–Trinajstić information content (AvgIpc) is 2.08. The lowest BCUT2D eigenvalue weighted by molar-refractivity contribution is -0.519. The second-order valence-electron chi connectivity index (χ2n) is 2.38. The predicted octanol–water partition coefficient (Wildman–Crippen LogP) is 1.07. The summed E-state index contributed by atoms with van der Waals surface area (Å²) in [6, 6.07) is 1.75. The third-order valence-corrected chi connectivity index (χ3v) is 1.76. The standard InChI is InChI=1S/C8H9ClNO2/c1-6-3-4-10(9)5-7(6)8(11)12-2/h3-5H,1-2H3/q+1. The van der Waals surface area contributed by atoms with Gasteiger partial charge in [0.2, 0.25) is 6.20 Å². The predicted molar refractivity (Wildman–Crippen MR) is 44.0 cm³/mol. The lowest BCUT2D eigenvalue weighted by Crippen LogP contribution is -2.22. The highest BCUT2D eigenvalue weighted by Crippen LogP contribution is 2.05. The summed E-state index contributed by atoms with van der Waals surface area (Å²) >= 11 is 5.63. The number of esters is 1. The van der Waals surface area contributed by atoms with Crippen molar-refractivity contribution in [1.29, 1.82) is 0 Å². The minimum Gasteiger partial charge on any atom is -0.465 e. The Bertz CT molecular complexity index is 312. The highest BCUT2D eigenvalue weighted by atomic mass is 35.5. The van der Waals surface area contributed by atoms with Crippen LogP contribution in [0.3, 0.4) is 0 Å². The molecule has 1 rings (SSSR count). The average molecular weight is 187 g/mol. The van der Waals surface area contributed by atoms with Gasteiger partial charge in [-0.2, -0.15) is 0 Å². The van der Waals surface area contributed by atoms with Crippen molar-refractivity contribution in [3.8, 4) is 0 Å². The van der Waals surface area contributed by atoms with Crippen LogP contribution in [0.15, 0.2) is 18.5 Å². The number of aromatic nitrogens is 1. The Morgan fingerprint density at radius 3 is 2.92 bits per heavy atom. The Balaban J connectivity index is 3.13. The van der Waals surface area contributed by atoms with Crippen LogP contribution in [-0.2, 0) is 4.74 Å². The van der Waals surface area contributed by atoms with Gasteiger partial charge in [-0.3, -0.25) is 0 Å². The summed E-state index contributed by atoms with van der Waals surface area (Å²) in [5, 5.41) is 0. The summed E-state index contributed by atoms with van der Waals surface area (Å²) in [6.07, 6.45) is 3.17. The number of nitrogens with zero attached hydrogens (tertiary/aromatic N) is 1. The molecule has 0 saturated heterocycles. The quantitative estimate of drug-likeness (QED) is 0.615. The second-order valence-corrected chi connectivity index (χ2v) is 2.77. The van der Waals surface area contributed by atoms with E-state index >= 15 is 0 Å². The Morgan fingerprint density at radius 1 is 1.67 bits per heavy atom. The first kappa shape index (κ1) is 9.00. The fourth-order valence-corrected chi connectivity index (χ4v) is 1.02. The molecule has 0 fully saturated rings. The van der Waals surface area contributed by atoms with Gasteiger partial charge in [0.15, 0.2) is 6.20 Å². The second kappa shape index (κ2) is 3.54. The number of halogens is 1. The summed E-state index contributed by atoms with van der Waals surface area (Å²) in [7, 11) is 1.34. The Hall–Kier alpha value is -1.09. The maximum Gasteiger partial charge on any atom is 0.344 e. The summed E-state index contributed by atoms with van der Waals surface area (Å²) in [5.74, 6) is -0.373. The SMILES string of the molecule is COC(=O)c1c[n+](Cl)ccc1C. The molecule has 0 aromatic carbocycles. The first-order valence-corrected chi connectivity index (χ1v) is 3.75. The number of carbonyl (C=O) groups is 1. The topological polar surface area (TPSA) is 30.2 Å². The van der Waals surface area contributed by atoms with Crippen molar-refractivity contribution in [1.82, 2.24) is 0 Å². The van der Waals surface area contributed by atoms with Gasteiger partial charge in [0.25, 0.3) is 11.8 Å². The molecule has 12 heavy (non-hydrogen) atoms. The third kappa shape index (κ3) is 1.74. The van der Waals surface area contributed by atoms with Gasteiger partial charge >= 0.3 is 5.97 Å². The molecule has 0 amide bonds. The molecule has 0 aliphatic rings. The number of rotatable bonds is 1. The maximum absolute atomic E-state index is 11.1. The molecule has 0 saturated carbocycles. The van der Waals surface area contributed by atoms with Crippen LogP contribution in [-0.4, -0.2) is 13.1 Å². The van der Waals surface area contributed by atoms with E-state index in [1.165, 1.54) is 17.4 Å². The van der Waals surface area contributed by atoms with Crippen LogP contribution < -0.4 is 4.09 Å². The number of methoxy groups -OCH3 is 1. The van der Waals surface area contributed by atoms with E-state index < -0.39 is 0 Å². The van der Waals surface area contributed by atoms with Gasteiger partial charge in [-0.15, -0.1) is 0 Å². The van der Waals surface area contributed by atoms with Crippen molar-refractivity contribution in [3.63, 3.8) is 0 Å². The maximum atomic E-state index is 11.1. The highest BCUT2D eigenvalue weighted by molar-refractivity contribution is 6.04. The van der Waals surface area contributed by atoms with E-state index in [-0.39, 0.29) is 5.97 Å². The molecular formula is C8H9ClNO2+. The number of pyridine rings is 1. The zero-order chi connectivity index (χ0) is 9.14. The van der Waals surface area contributed by atoms with Crippen LogP contribution >= 0.6 is 11.8 Å². The van der Waals surface area contributed by atoms with Crippen LogP contribution in [0.2, 0.25) is 0 Å². The van der Waals surface area contributed by atoms with Gasteiger partial charge in [0.1, 0.15) is 5.56 Å². The van der Waals surface area contributed by atoms with Crippen LogP contribution in [0, 0.1) is 6.92 Å². The molecule has 0 aliphatic heterocycles. The number of hydrogen-bond acceptors (Lipinski definition) is 2. The van der Waals surface area contributed by atoms with Gasteiger partial charge in [0.05, 0.1) is 7.11 Å². The fraction of sp³-hybridized carbons (Fsp3) is 0.250. The first-order chi connectivity index (χ1) is 5.65. The van der Waals surface area contributed by atoms with Gasteiger partial charge < -0.3 is 4.74 Å². The fourth-order valence-electron chi connectivity index (χ4n) is 0.865. The van der Waals surface area contributed by atoms with Gasteiger partial charge in [0, 0.05) is 6.07 Å². The number of aryl methyl sites for hydroxylation is 1. The number of ether oxygens (including phenoxy) is 1. The molecule has 1 aromatic heterocycles. The summed E-state index contributed by atoms with van der Waals surface area (Å²) in [6.45, 7) is 1.82. The number of hydrogen-bond donors (Lipinski definition) is 0. The van der Waals surface area contributed by atoms with E-state index in [2.05, 4.69) is 4.74 Å². The van der Waals surface area contributed by atoms with Crippen molar-refractivity contribution in [2.75, 3.05) is 7.11 Å². The highest BCUT2D eigenvalue weighted by Gasteiger charge is 2.13. The summed E-state index contributed by atoms with van der Waals surface area (Å²) in [4.78, 5) is 11.1. The molecule has 1 heterocycles. The van der Waals surface area contributed by atoms with Gasteiger partial charge in [-0.05, 0) is 12.5 Å². The normalized spacial score (nSPS) is 9.58. The van der Waals surface area contributed by atoms with Crippen molar-refractivity contribution in [2.24, 2.45) is 0 Å². The van der Waals surface area contributed by atoms with Crippen LogP contribution in [0.4, 0.5) is 0 Å². The van der Waals surface area contributed by atoms with Gasteiger partial charge in [-0.1, -0.05) is 4.09 Å². The number of carbonyl (C=O) groups excluding carboxylic acids is 1. The zero-order valence-electron chi connectivity index (χ0n) is 6.87. The summed E-state index contributed by atoms with van der Waals surface area (Å²) in [5.41, 5.74) is 1.33. The molecule has 64 valence electrons. The van der Waals surface area contributed by atoms with E-state index in [9.17, 15) is 4.79 Å². The molecule has 3 nitrogen and oxygen atoms in total. The molecule has 0 unspecified atom stereocenters. The van der Waals surface area contributed by atoms with Crippen LogP contribution in [0.25, 0.3) is 0 Å². The van der Waals surface area contributed by atoms with Crippen LogP contribution in [0.5, 0.6) is 0 Å². The molecule has 1 aromatic rings. The van der Waals surface area contributed by atoms with Crippen LogP contribution in [0.1, 0.15) is 15.9 Å². The first-order valence-electron chi connectivity index (χ1n) is 3.41. The van der Waals surface area contributed by atoms with E-state index in [0.717, 1.165) is 5.56 Å². The van der Waals surface area contributed by atoms with Crippen molar-refractivity contribution in [2.45, 2.75) is 6.92 Å². The van der Waals surface area contributed by atoms with E-state index in [1.54, 1.807) is 12.3 Å². The molecule has 0 N–H and O–H groups in total.